The standard InChI is InChI=1S/C20H26FN3O2/c1-13(25)23-7-5-14(6-8-23)20(26)24-12-16-10-22-11-18(16)19(24)15-3-2-4-17(21)9-15/h2-4,9,14,16,18-19,22H,5-8,10-12H2,1H3/t16-,18-,19+/m0/s1. The Morgan fingerprint density at radius 1 is 1.19 bits per heavy atom. The van der Waals surface area contributed by atoms with E-state index in [0.29, 0.717) is 24.9 Å². The van der Waals surface area contributed by atoms with Gasteiger partial charge in [0, 0.05) is 51.5 Å². The van der Waals surface area contributed by atoms with Crippen molar-refractivity contribution >= 4 is 11.8 Å². The summed E-state index contributed by atoms with van der Waals surface area (Å²) in [6.07, 6.45) is 1.44. The van der Waals surface area contributed by atoms with Gasteiger partial charge < -0.3 is 15.1 Å². The van der Waals surface area contributed by atoms with Crippen molar-refractivity contribution in [3.63, 3.8) is 0 Å². The Hall–Kier alpha value is -1.95. The van der Waals surface area contributed by atoms with Crippen LogP contribution in [0.3, 0.4) is 0 Å². The maximum Gasteiger partial charge on any atom is 0.226 e. The number of hydrogen-bond donors (Lipinski definition) is 1. The molecule has 2 amide bonds. The molecule has 0 unspecified atom stereocenters. The smallest absolute Gasteiger partial charge is 0.226 e. The third-order valence-corrected chi connectivity index (χ3v) is 6.33. The van der Waals surface area contributed by atoms with Crippen LogP contribution < -0.4 is 5.32 Å². The number of carbonyl (C=O) groups is 2. The largest absolute Gasteiger partial charge is 0.343 e. The Morgan fingerprint density at radius 2 is 1.96 bits per heavy atom. The molecule has 3 fully saturated rings. The second-order valence-electron chi connectivity index (χ2n) is 7.85. The van der Waals surface area contributed by atoms with E-state index in [-0.39, 0.29) is 29.6 Å². The summed E-state index contributed by atoms with van der Waals surface area (Å²) in [6.45, 7) is 5.42. The van der Waals surface area contributed by atoms with Crippen LogP contribution in [0, 0.1) is 23.6 Å². The van der Waals surface area contributed by atoms with Crippen molar-refractivity contribution in [3.05, 3.63) is 35.6 Å². The number of carbonyl (C=O) groups excluding carboxylic acids is 2. The number of amides is 2. The summed E-state index contributed by atoms with van der Waals surface area (Å²) in [7, 11) is 0. The molecular weight excluding hydrogens is 333 g/mol. The van der Waals surface area contributed by atoms with Gasteiger partial charge in [-0.3, -0.25) is 9.59 Å². The zero-order valence-electron chi connectivity index (χ0n) is 15.2. The Bertz CT molecular complexity index is 702. The summed E-state index contributed by atoms with van der Waals surface area (Å²) >= 11 is 0. The molecule has 5 nitrogen and oxygen atoms in total. The van der Waals surface area contributed by atoms with Gasteiger partial charge in [-0.15, -0.1) is 0 Å². The van der Waals surface area contributed by atoms with E-state index in [1.807, 2.05) is 15.9 Å². The molecule has 3 aliphatic rings. The number of benzene rings is 1. The molecular formula is C20H26FN3O2. The summed E-state index contributed by atoms with van der Waals surface area (Å²) in [5.74, 6) is 0.752. The molecule has 0 saturated carbocycles. The van der Waals surface area contributed by atoms with Crippen LogP contribution in [0.2, 0.25) is 0 Å². The molecule has 1 aromatic rings. The fourth-order valence-corrected chi connectivity index (χ4v) is 4.94. The number of halogens is 1. The summed E-state index contributed by atoms with van der Waals surface area (Å²) < 4.78 is 13.8. The molecule has 0 spiro atoms. The van der Waals surface area contributed by atoms with Crippen molar-refractivity contribution in [3.8, 4) is 0 Å². The number of fused-ring (bicyclic) bond motifs is 1. The van der Waals surface area contributed by atoms with Gasteiger partial charge in [-0.2, -0.15) is 0 Å². The number of likely N-dealkylation sites (tertiary alicyclic amines) is 2. The van der Waals surface area contributed by atoms with Crippen LogP contribution >= 0.6 is 0 Å². The molecule has 26 heavy (non-hydrogen) atoms. The lowest BCUT2D eigenvalue weighted by Gasteiger charge is -2.35. The van der Waals surface area contributed by atoms with Crippen LogP contribution in [0.25, 0.3) is 0 Å². The molecule has 3 atom stereocenters. The highest BCUT2D eigenvalue weighted by atomic mass is 19.1. The van der Waals surface area contributed by atoms with Crippen LogP contribution in [0.4, 0.5) is 4.39 Å². The Morgan fingerprint density at radius 3 is 2.65 bits per heavy atom. The van der Waals surface area contributed by atoms with Crippen molar-refractivity contribution < 1.29 is 14.0 Å². The molecule has 0 radical (unpaired) electrons. The van der Waals surface area contributed by atoms with E-state index >= 15 is 0 Å². The average Bonchev–Trinajstić information content (AvgIpc) is 3.22. The van der Waals surface area contributed by atoms with E-state index in [2.05, 4.69) is 5.32 Å². The first-order valence-electron chi connectivity index (χ1n) is 9.57. The lowest BCUT2D eigenvalue weighted by Crippen LogP contribution is -2.44. The lowest BCUT2D eigenvalue weighted by atomic mass is 9.89. The molecule has 0 bridgehead atoms. The van der Waals surface area contributed by atoms with E-state index in [4.69, 9.17) is 0 Å². The summed E-state index contributed by atoms with van der Waals surface area (Å²) in [5, 5.41) is 3.42. The number of hydrogen-bond acceptors (Lipinski definition) is 3. The van der Waals surface area contributed by atoms with E-state index < -0.39 is 0 Å². The molecule has 3 aliphatic heterocycles. The van der Waals surface area contributed by atoms with E-state index in [1.165, 1.54) is 6.07 Å². The molecule has 1 aromatic carbocycles. The highest BCUT2D eigenvalue weighted by Gasteiger charge is 2.48. The van der Waals surface area contributed by atoms with Crippen LogP contribution in [-0.4, -0.2) is 54.3 Å². The minimum Gasteiger partial charge on any atom is -0.343 e. The highest BCUT2D eigenvalue weighted by Crippen LogP contribution is 2.44. The maximum absolute atomic E-state index is 13.8. The van der Waals surface area contributed by atoms with Gasteiger partial charge >= 0.3 is 0 Å². The monoisotopic (exact) mass is 359 g/mol. The molecule has 0 aliphatic carbocycles. The van der Waals surface area contributed by atoms with Crippen molar-refractivity contribution in [2.75, 3.05) is 32.7 Å². The van der Waals surface area contributed by atoms with Gasteiger partial charge in [-0.1, -0.05) is 12.1 Å². The summed E-state index contributed by atoms with van der Waals surface area (Å²) in [4.78, 5) is 28.6. The van der Waals surface area contributed by atoms with Gasteiger partial charge in [-0.05, 0) is 36.5 Å². The topological polar surface area (TPSA) is 52.7 Å². The van der Waals surface area contributed by atoms with Crippen LogP contribution in [-0.2, 0) is 9.59 Å². The number of nitrogens with one attached hydrogen (secondary N) is 1. The fraction of sp³-hybridized carbons (Fsp3) is 0.600. The first-order valence-corrected chi connectivity index (χ1v) is 9.57. The van der Waals surface area contributed by atoms with Crippen LogP contribution in [0.1, 0.15) is 31.4 Å². The first kappa shape index (κ1) is 17.5. The fourth-order valence-electron chi connectivity index (χ4n) is 4.94. The molecule has 4 rings (SSSR count). The molecule has 0 aromatic heterocycles. The van der Waals surface area contributed by atoms with Crippen molar-refractivity contribution in [2.24, 2.45) is 17.8 Å². The molecule has 6 heteroatoms. The van der Waals surface area contributed by atoms with E-state index in [9.17, 15) is 14.0 Å². The van der Waals surface area contributed by atoms with Gasteiger partial charge in [0.2, 0.25) is 11.8 Å². The van der Waals surface area contributed by atoms with Gasteiger partial charge in [0.15, 0.2) is 0 Å². The summed E-state index contributed by atoms with van der Waals surface area (Å²) in [6, 6.07) is 6.64. The number of nitrogens with zero attached hydrogens (tertiary/aromatic N) is 2. The highest BCUT2D eigenvalue weighted by molar-refractivity contribution is 5.80. The van der Waals surface area contributed by atoms with Crippen LogP contribution in [0.15, 0.2) is 24.3 Å². The molecule has 3 heterocycles. The van der Waals surface area contributed by atoms with Crippen molar-refractivity contribution in [1.29, 1.82) is 0 Å². The SMILES string of the molecule is CC(=O)N1CCC(C(=O)N2C[C@@H]3CNC[C@@H]3[C@H]2c2cccc(F)c2)CC1. The minimum absolute atomic E-state index is 0.0338. The quantitative estimate of drug-likeness (QED) is 0.876. The van der Waals surface area contributed by atoms with Gasteiger partial charge in [0.25, 0.3) is 0 Å². The zero-order chi connectivity index (χ0) is 18.3. The van der Waals surface area contributed by atoms with Gasteiger partial charge in [-0.25, -0.2) is 4.39 Å². The predicted octanol–water partition coefficient (Wildman–Crippen LogP) is 1.80. The second kappa shape index (κ2) is 6.99. The zero-order valence-corrected chi connectivity index (χ0v) is 15.2. The lowest BCUT2D eigenvalue weighted by molar-refractivity contribution is -0.141. The predicted molar refractivity (Wildman–Crippen MR) is 95.7 cm³/mol. The summed E-state index contributed by atoms with van der Waals surface area (Å²) in [5.41, 5.74) is 0.899. The third kappa shape index (κ3) is 3.11. The molecule has 3 saturated heterocycles. The number of rotatable bonds is 2. The van der Waals surface area contributed by atoms with Gasteiger partial charge in [0.05, 0.1) is 6.04 Å². The molecule has 1 N–H and O–H groups in total. The average molecular weight is 359 g/mol. The third-order valence-electron chi connectivity index (χ3n) is 6.33. The number of piperidine rings is 1. The normalized spacial score (nSPS) is 29.1. The Labute approximate surface area is 153 Å². The maximum atomic E-state index is 13.8. The van der Waals surface area contributed by atoms with E-state index in [1.54, 1.807) is 19.1 Å². The van der Waals surface area contributed by atoms with Gasteiger partial charge in [0.1, 0.15) is 5.82 Å². The minimum atomic E-state index is -0.251. The molecule has 140 valence electrons. The Balaban J connectivity index is 1.54. The van der Waals surface area contributed by atoms with E-state index in [0.717, 1.165) is 38.0 Å². The van der Waals surface area contributed by atoms with Crippen molar-refractivity contribution in [1.82, 2.24) is 15.1 Å². The first-order chi connectivity index (χ1) is 12.5. The van der Waals surface area contributed by atoms with Crippen molar-refractivity contribution in [2.45, 2.75) is 25.8 Å². The Kier molecular flexibility index (Phi) is 4.69. The van der Waals surface area contributed by atoms with Crippen LogP contribution in [0.5, 0.6) is 0 Å². The second-order valence-corrected chi connectivity index (χ2v) is 7.85.